The number of rotatable bonds is 4. The number of hydrogen-bond acceptors (Lipinski definition) is 4. The molecule has 0 amide bonds. The zero-order valence-electron chi connectivity index (χ0n) is 12.2. The average Bonchev–Trinajstić information content (AvgIpc) is 3.07. The van der Waals surface area contributed by atoms with Gasteiger partial charge >= 0.3 is 5.97 Å². The minimum Gasteiger partial charge on any atom is -0.489 e. The van der Waals surface area contributed by atoms with Gasteiger partial charge in [-0.05, 0) is 11.1 Å². The normalized spacial score (nSPS) is 22.0. The summed E-state index contributed by atoms with van der Waals surface area (Å²) < 4.78 is 5.84. The first-order valence-corrected chi connectivity index (χ1v) is 8.26. The lowest BCUT2D eigenvalue weighted by Crippen LogP contribution is -2.34. The highest BCUT2D eigenvalue weighted by atomic mass is 32.2. The maximum absolute atomic E-state index is 10.9. The number of aliphatic carboxylic acids is 1. The van der Waals surface area contributed by atoms with E-state index in [9.17, 15) is 4.79 Å². The third-order valence-electron chi connectivity index (χ3n) is 4.11. The quantitative estimate of drug-likeness (QED) is 0.890. The van der Waals surface area contributed by atoms with Crippen molar-refractivity contribution >= 4 is 29.1 Å². The molecule has 1 aliphatic heterocycles. The molecule has 23 heavy (non-hydrogen) atoms. The largest absolute Gasteiger partial charge is 0.489 e. The van der Waals surface area contributed by atoms with Crippen LogP contribution in [0.25, 0.3) is 11.3 Å². The minimum absolute atomic E-state index is 0.0397. The number of carboxylic acid groups (broad SMARTS) is 1. The molecule has 2 aliphatic carbocycles. The van der Waals surface area contributed by atoms with Gasteiger partial charge in [-0.1, -0.05) is 48.6 Å². The fourth-order valence-corrected chi connectivity index (χ4v) is 4.39. The van der Waals surface area contributed by atoms with E-state index in [0.717, 1.165) is 21.8 Å². The summed E-state index contributed by atoms with van der Waals surface area (Å²) in [7, 11) is 0. The molecule has 0 fully saturated rings. The van der Waals surface area contributed by atoms with Gasteiger partial charge in [-0.15, -0.1) is 11.8 Å². The van der Waals surface area contributed by atoms with Crippen LogP contribution in [-0.2, 0) is 9.53 Å². The Morgan fingerprint density at radius 3 is 2.87 bits per heavy atom. The molecule has 0 radical (unpaired) electrons. The zero-order chi connectivity index (χ0) is 16.0. The number of fused-ring (bicyclic) bond motifs is 4. The first-order valence-electron chi connectivity index (χ1n) is 7.38. The second-order valence-corrected chi connectivity index (χ2v) is 6.72. The minimum atomic E-state index is -1.06. The van der Waals surface area contributed by atoms with Crippen molar-refractivity contribution in [3.63, 3.8) is 0 Å². The maximum atomic E-state index is 10.9. The van der Waals surface area contributed by atoms with E-state index in [1.165, 1.54) is 11.1 Å². The van der Waals surface area contributed by atoms with Crippen LogP contribution in [0.5, 0.6) is 0 Å². The van der Waals surface area contributed by atoms with E-state index in [0.29, 0.717) is 5.25 Å². The third-order valence-corrected chi connectivity index (χ3v) is 5.40. The average molecular weight is 325 g/mol. The molecule has 3 aliphatic rings. The lowest BCUT2D eigenvalue weighted by atomic mass is 9.97. The Hall–Kier alpha value is -2.24. The predicted octanol–water partition coefficient (Wildman–Crippen LogP) is 2.79. The van der Waals surface area contributed by atoms with Crippen LogP contribution in [0.1, 0.15) is 11.1 Å². The molecule has 1 unspecified atom stereocenters. The van der Waals surface area contributed by atoms with Crippen LogP contribution in [0.15, 0.2) is 59.0 Å². The van der Waals surface area contributed by atoms with Gasteiger partial charge in [0.25, 0.3) is 0 Å². The molecule has 1 heterocycles. The fourth-order valence-electron chi connectivity index (χ4n) is 3.02. The standard InChI is InChI=1S/C18H15NO3S/c19-13(18(20)21)9-22-16-11-6-2-1-5-10(11)15-12-7-3-4-8-14(12)23-17(15)16/h1-8,13-14H,9,19H2,(H,20,21)/t13-,14?/m0/s1. The molecule has 1 aromatic rings. The third kappa shape index (κ3) is 2.24. The molecule has 1 aromatic carbocycles. The van der Waals surface area contributed by atoms with E-state index in [2.05, 4.69) is 24.3 Å². The van der Waals surface area contributed by atoms with E-state index in [4.69, 9.17) is 15.6 Å². The number of hydrogen-bond donors (Lipinski definition) is 2. The molecule has 3 N–H and O–H groups in total. The maximum Gasteiger partial charge on any atom is 0.324 e. The van der Waals surface area contributed by atoms with Crippen molar-refractivity contribution in [2.45, 2.75) is 11.3 Å². The Morgan fingerprint density at radius 1 is 1.30 bits per heavy atom. The van der Waals surface area contributed by atoms with Crippen molar-refractivity contribution in [1.29, 1.82) is 0 Å². The highest BCUT2D eigenvalue weighted by Gasteiger charge is 2.38. The number of benzene rings is 1. The molecular weight excluding hydrogens is 310 g/mol. The van der Waals surface area contributed by atoms with Crippen molar-refractivity contribution in [2.24, 2.45) is 5.73 Å². The topological polar surface area (TPSA) is 72.5 Å². The Labute approximate surface area is 138 Å². The Kier molecular flexibility index (Phi) is 3.39. The lowest BCUT2D eigenvalue weighted by Gasteiger charge is -2.14. The van der Waals surface area contributed by atoms with E-state index in [1.54, 1.807) is 11.8 Å². The fraction of sp³-hybridized carbons (Fsp3) is 0.167. The van der Waals surface area contributed by atoms with Crippen molar-refractivity contribution < 1.29 is 14.6 Å². The van der Waals surface area contributed by atoms with E-state index < -0.39 is 12.0 Å². The molecule has 0 bridgehead atoms. The number of carbonyl (C=O) groups is 1. The highest BCUT2D eigenvalue weighted by Crippen LogP contribution is 2.57. The van der Waals surface area contributed by atoms with Crippen LogP contribution < -0.4 is 5.73 Å². The molecule has 0 aromatic heterocycles. The Balaban J connectivity index is 1.77. The molecule has 0 saturated heterocycles. The summed E-state index contributed by atoms with van der Waals surface area (Å²) in [6.45, 7) is -0.0397. The zero-order valence-corrected chi connectivity index (χ0v) is 13.0. The van der Waals surface area contributed by atoms with Crippen LogP contribution in [0.2, 0.25) is 0 Å². The van der Waals surface area contributed by atoms with Gasteiger partial charge in [0.15, 0.2) is 0 Å². The predicted molar refractivity (Wildman–Crippen MR) is 91.5 cm³/mol. The monoisotopic (exact) mass is 325 g/mol. The summed E-state index contributed by atoms with van der Waals surface area (Å²) in [5.41, 5.74) is 10.2. The Morgan fingerprint density at radius 2 is 2.09 bits per heavy atom. The first kappa shape index (κ1) is 14.4. The van der Waals surface area contributed by atoms with Gasteiger partial charge in [0.2, 0.25) is 0 Å². The van der Waals surface area contributed by atoms with Gasteiger partial charge in [0, 0.05) is 11.1 Å². The number of ether oxygens (including phenoxy) is 1. The summed E-state index contributed by atoms with van der Waals surface area (Å²) in [6, 6.07) is 7.04. The smallest absolute Gasteiger partial charge is 0.324 e. The van der Waals surface area contributed by atoms with Crippen LogP contribution >= 0.6 is 11.8 Å². The SMILES string of the molecule is N[C@@H](COC1=C2SC3C=CC=CC3=C2c2ccccc21)C(=O)O. The Bertz CT molecular complexity index is 819. The molecule has 5 heteroatoms. The van der Waals surface area contributed by atoms with Crippen LogP contribution in [-0.4, -0.2) is 29.0 Å². The van der Waals surface area contributed by atoms with E-state index in [1.807, 2.05) is 24.3 Å². The van der Waals surface area contributed by atoms with Gasteiger partial charge in [-0.25, -0.2) is 0 Å². The number of thioether (sulfide) groups is 1. The van der Waals surface area contributed by atoms with Crippen molar-refractivity contribution in [1.82, 2.24) is 0 Å². The summed E-state index contributed by atoms with van der Waals surface area (Å²) in [6.07, 6.45) is 8.41. The van der Waals surface area contributed by atoms with E-state index in [-0.39, 0.29) is 6.61 Å². The van der Waals surface area contributed by atoms with Gasteiger partial charge in [-0.2, -0.15) is 0 Å². The van der Waals surface area contributed by atoms with E-state index >= 15 is 0 Å². The van der Waals surface area contributed by atoms with Crippen LogP contribution in [0.3, 0.4) is 0 Å². The summed E-state index contributed by atoms with van der Waals surface area (Å²) in [5.74, 6) is -0.305. The number of carboxylic acids is 1. The van der Waals surface area contributed by atoms with Crippen LogP contribution in [0.4, 0.5) is 0 Å². The molecule has 116 valence electrons. The van der Waals surface area contributed by atoms with Gasteiger partial charge < -0.3 is 15.6 Å². The van der Waals surface area contributed by atoms with Gasteiger partial charge in [0.1, 0.15) is 18.4 Å². The molecule has 0 saturated carbocycles. The highest BCUT2D eigenvalue weighted by molar-refractivity contribution is 8.05. The molecule has 0 spiro atoms. The molecule has 2 atom stereocenters. The van der Waals surface area contributed by atoms with Crippen molar-refractivity contribution in [2.75, 3.05) is 6.61 Å². The van der Waals surface area contributed by atoms with Gasteiger partial charge in [0.05, 0.1) is 10.2 Å². The van der Waals surface area contributed by atoms with Crippen molar-refractivity contribution in [3.05, 3.63) is 70.2 Å². The molecular formula is C18H15NO3S. The number of nitrogens with two attached hydrogens (primary N) is 1. The summed E-state index contributed by atoms with van der Waals surface area (Å²) >= 11 is 1.74. The van der Waals surface area contributed by atoms with Gasteiger partial charge in [-0.3, -0.25) is 4.79 Å². The second-order valence-electron chi connectivity index (χ2n) is 5.57. The first-order chi connectivity index (χ1) is 11.2. The molecule has 4 rings (SSSR count). The molecule has 4 nitrogen and oxygen atoms in total. The second kappa shape index (κ2) is 5.44. The lowest BCUT2D eigenvalue weighted by molar-refractivity contribution is -0.139. The summed E-state index contributed by atoms with van der Waals surface area (Å²) in [4.78, 5) is 12.0. The van der Waals surface area contributed by atoms with Crippen LogP contribution in [0, 0.1) is 0 Å². The number of allylic oxidation sites excluding steroid dienone is 4. The summed E-state index contributed by atoms with van der Waals surface area (Å²) in [5, 5.41) is 9.25. The van der Waals surface area contributed by atoms with Crippen molar-refractivity contribution in [3.8, 4) is 0 Å².